The molecule has 106 valence electrons. The second-order valence-electron chi connectivity index (χ2n) is 4.56. The van der Waals surface area contributed by atoms with Gasteiger partial charge in [-0.1, -0.05) is 6.07 Å². The molecule has 0 aliphatic carbocycles. The molecule has 0 heterocycles. The summed E-state index contributed by atoms with van der Waals surface area (Å²) in [5.74, 6) is -3.14. The molecule has 0 saturated heterocycles. The maximum absolute atomic E-state index is 13.1. The highest BCUT2D eigenvalue weighted by atomic mass is 19.2. The fourth-order valence-corrected chi connectivity index (χ4v) is 1.68. The van der Waals surface area contributed by atoms with E-state index >= 15 is 0 Å². The van der Waals surface area contributed by atoms with Gasteiger partial charge in [0.25, 0.3) is 0 Å². The van der Waals surface area contributed by atoms with E-state index in [1.54, 1.807) is 0 Å². The Morgan fingerprint density at radius 3 is 2.58 bits per heavy atom. The topological polar surface area (TPSA) is 52.6 Å². The van der Waals surface area contributed by atoms with Gasteiger partial charge < -0.3 is 15.3 Å². The first kappa shape index (κ1) is 15.5. The van der Waals surface area contributed by atoms with Gasteiger partial charge in [0.2, 0.25) is 0 Å². The number of hydrogen-bond donors (Lipinski definition) is 2. The third kappa shape index (κ3) is 4.92. The van der Waals surface area contributed by atoms with Crippen LogP contribution >= 0.6 is 0 Å². The van der Waals surface area contributed by atoms with Gasteiger partial charge >= 0.3 is 5.97 Å². The summed E-state index contributed by atoms with van der Waals surface area (Å²) < 4.78 is 25.9. The standard InChI is InChI=1S/C13H18F2N2O2/c1-17(2)7-3-6-16-12(13(18)19)9-4-5-10(14)11(15)8-9/h4-5,8,12,16H,3,6-7H2,1-2H3,(H,18,19). The fraction of sp³-hybridized carbons (Fsp3) is 0.462. The molecule has 0 spiro atoms. The Balaban J connectivity index is 2.66. The molecule has 2 N–H and O–H groups in total. The van der Waals surface area contributed by atoms with Crippen molar-refractivity contribution in [2.75, 3.05) is 27.2 Å². The second kappa shape index (κ2) is 7.16. The highest BCUT2D eigenvalue weighted by Crippen LogP contribution is 2.16. The van der Waals surface area contributed by atoms with Gasteiger partial charge in [0.05, 0.1) is 0 Å². The monoisotopic (exact) mass is 272 g/mol. The van der Waals surface area contributed by atoms with Crippen LogP contribution in [-0.2, 0) is 4.79 Å². The van der Waals surface area contributed by atoms with Crippen LogP contribution in [0.4, 0.5) is 8.78 Å². The Hall–Kier alpha value is -1.53. The third-order valence-corrected chi connectivity index (χ3v) is 2.65. The molecular weight excluding hydrogens is 254 g/mol. The number of halogens is 2. The molecule has 1 unspecified atom stereocenters. The van der Waals surface area contributed by atoms with E-state index in [2.05, 4.69) is 5.32 Å². The van der Waals surface area contributed by atoms with Gasteiger partial charge in [-0.05, 0) is 51.3 Å². The van der Waals surface area contributed by atoms with E-state index in [9.17, 15) is 13.6 Å². The van der Waals surface area contributed by atoms with Gasteiger partial charge in [0.15, 0.2) is 11.6 Å². The smallest absolute Gasteiger partial charge is 0.325 e. The van der Waals surface area contributed by atoms with Crippen LogP contribution in [0.5, 0.6) is 0 Å². The molecule has 0 amide bonds. The fourth-order valence-electron chi connectivity index (χ4n) is 1.68. The van der Waals surface area contributed by atoms with Crippen LogP contribution in [0.3, 0.4) is 0 Å². The maximum atomic E-state index is 13.1. The van der Waals surface area contributed by atoms with Crippen molar-refractivity contribution < 1.29 is 18.7 Å². The zero-order valence-corrected chi connectivity index (χ0v) is 11.0. The normalized spacial score (nSPS) is 12.7. The number of carboxylic acid groups (broad SMARTS) is 1. The van der Waals surface area contributed by atoms with Crippen molar-refractivity contribution in [2.24, 2.45) is 0 Å². The molecule has 1 atom stereocenters. The van der Waals surface area contributed by atoms with Crippen molar-refractivity contribution >= 4 is 5.97 Å². The average Bonchev–Trinajstić information content (AvgIpc) is 2.32. The van der Waals surface area contributed by atoms with E-state index in [4.69, 9.17) is 5.11 Å². The maximum Gasteiger partial charge on any atom is 0.325 e. The van der Waals surface area contributed by atoms with Gasteiger partial charge in [-0.3, -0.25) is 4.79 Å². The molecule has 0 fully saturated rings. The minimum absolute atomic E-state index is 0.205. The first-order chi connectivity index (χ1) is 8.91. The lowest BCUT2D eigenvalue weighted by Gasteiger charge is -2.16. The molecule has 0 saturated carbocycles. The van der Waals surface area contributed by atoms with Crippen LogP contribution in [0.2, 0.25) is 0 Å². The molecule has 1 aromatic rings. The quantitative estimate of drug-likeness (QED) is 0.741. The van der Waals surface area contributed by atoms with Gasteiger partial charge in [0, 0.05) is 0 Å². The van der Waals surface area contributed by atoms with Crippen molar-refractivity contribution in [3.05, 3.63) is 35.4 Å². The number of nitrogens with zero attached hydrogens (tertiary/aromatic N) is 1. The number of rotatable bonds is 7. The van der Waals surface area contributed by atoms with Crippen LogP contribution < -0.4 is 5.32 Å². The first-order valence-corrected chi connectivity index (χ1v) is 5.97. The zero-order valence-electron chi connectivity index (χ0n) is 11.0. The van der Waals surface area contributed by atoms with Crippen molar-refractivity contribution in [1.82, 2.24) is 10.2 Å². The van der Waals surface area contributed by atoms with Gasteiger partial charge in [0.1, 0.15) is 6.04 Å². The van der Waals surface area contributed by atoms with E-state index in [1.165, 1.54) is 6.07 Å². The molecule has 0 aromatic heterocycles. The van der Waals surface area contributed by atoms with Crippen molar-refractivity contribution in [3.63, 3.8) is 0 Å². The summed E-state index contributed by atoms with van der Waals surface area (Å²) in [6.45, 7) is 1.30. The Morgan fingerprint density at radius 2 is 2.05 bits per heavy atom. The van der Waals surface area contributed by atoms with Crippen LogP contribution in [-0.4, -0.2) is 43.2 Å². The van der Waals surface area contributed by atoms with Gasteiger partial charge in [-0.25, -0.2) is 8.78 Å². The molecule has 6 heteroatoms. The molecule has 1 rings (SSSR count). The van der Waals surface area contributed by atoms with E-state index in [0.717, 1.165) is 25.1 Å². The van der Waals surface area contributed by atoms with E-state index in [-0.39, 0.29) is 5.56 Å². The first-order valence-electron chi connectivity index (χ1n) is 5.97. The zero-order chi connectivity index (χ0) is 14.4. The molecule has 4 nitrogen and oxygen atoms in total. The predicted molar refractivity (Wildman–Crippen MR) is 67.9 cm³/mol. The lowest BCUT2D eigenvalue weighted by molar-refractivity contribution is -0.139. The molecule has 0 aliphatic heterocycles. The lowest BCUT2D eigenvalue weighted by Crippen LogP contribution is -2.30. The average molecular weight is 272 g/mol. The molecule has 1 aromatic carbocycles. The molecule has 19 heavy (non-hydrogen) atoms. The van der Waals surface area contributed by atoms with Crippen LogP contribution in [0.15, 0.2) is 18.2 Å². The summed E-state index contributed by atoms with van der Waals surface area (Å²) >= 11 is 0. The number of hydrogen-bond acceptors (Lipinski definition) is 3. The number of benzene rings is 1. The van der Waals surface area contributed by atoms with Crippen LogP contribution in [0.1, 0.15) is 18.0 Å². The number of aliphatic carboxylic acids is 1. The summed E-state index contributed by atoms with van der Waals surface area (Å²) in [4.78, 5) is 13.1. The summed E-state index contributed by atoms with van der Waals surface area (Å²) in [5, 5.41) is 11.9. The van der Waals surface area contributed by atoms with Crippen LogP contribution in [0.25, 0.3) is 0 Å². The molecule has 0 aliphatic rings. The number of nitrogens with one attached hydrogen (secondary N) is 1. The summed E-state index contributed by atoms with van der Waals surface area (Å²) in [6, 6.07) is 2.09. The SMILES string of the molecule is CN(C)CCCNC(C(=O)O)c1ccc(F)c(F)c1. The highest BCUT2D eigenvalue weighted by Gasteiger charge is 2.20. The third-order valence-electron chi connectivity index (χ3n) is 2.65. The van der Waals surface area contributed by atoms with Crippen molar-refractivity contribution in [3.8, 4) is 0 Å². The van der Waals surface area contributed by atoms with E-state index in [1.807, 2.05) is 19.0 Å². The van der Waals surface area contributed by atoms with Crippen molar-refractivity contribution in [2.45, 2.75) is 12.5 Å². The summed E-state index contributed by atoms with van der Waals surface area (Å²) in [5.41, 5.74) is 0.205. The Kier molecular flexibility index (Phi) is 5.85. The number of carboxylic acids is 1. The van der Waals surface area contributed by atoms with Gasteiger partial charge in [-0.15, -0.1) is 0 Å². The Bertz CT molecular complexity index is 439. The molecule has 0 radical (unpaired) electrons. The Morgan fingerprint density at radius 1 is 1.37 bits per heavy atom. The summed E-state index contributed by atoms with van der Waals surface area (Å²) in [6.07, 6.45) is 0.764. The molecular formula is C13H18F2N2O2. The number of carbonyl (C=O) groups is 1. The lowest BCUT2D eigenvalue weighted by atomic mass is 10.1. The van der Waals surface area contributed by atoms with E-state index < -0.39 is 23.6 Å². The second-order valence-corrected chi connectivity index (χ2v) is 4.56. The Labute approximate surface area is 111 Å². The van der Waals surface area contributed by atoms with Crippen LogP contribution in [0, 0.1) is 11.6 Å². The molecule has 0 bridgehead atoms. The van der Waals surface area contributed by atoms with Gasteiger partial charge in [-0.2, -0.15) is 0 Å². The predicted octanol–water partition coefficient (Wildman–Crippen LogP) is 1.63. The van der Waals surface area contributed by atoms with E-state index in [0.29, 0.717) is 6.54 Å². The highest BCUT2D eigenvalue weighted by molar-refractivity contribution is 5.75. The minimum Gasteiger partial charge on any atom is -0.480 e. The largest absolute Gasteiger partial charge is 0.480 e. The minimum atomic E-state index is -1.11. The van der Waals surface area contributed by atoms with Crippen molar-refractivity contribution in [1.29, 1.82) is 0 Å². The summed E-state index contributed by atoms with van der Waals surface area (Å²) in [7, 11) is 3.84.